The minimum Gasteiger partial charge on any atom is -0.392 e. The van der Waals surface area contributed by atoms with Crippen molar-refractivity contribution in [3.05, 3.63) is 11.6 Å². The third-order valence-corrected chi connectivity index (χ3v) is 1.93. The molecule has 72 valence electrons. The summed E-state index contributed by atoms with van der Waals surface area (Å²) in [4.78, 5) is 0. The standard InChI is InChI=1S/C10H20O2/c1-2-3-4-5-6-10(9-12)7-8-11/h7,11-12H,2-6,8-9H2,1H3. The molecule has 0 aromatic rings. The summed E-state index contributed by atoms with van der Waals surface area (Å²) in [6.45, 7) is 2.31. The first-order valence-electron chi connectivity index (χ1n) is 4.74. The fourth-order valence-corrected chi connectivity index (χ4v) is 1.15. The van der Waals surface area contributed by atoms with E-state index in [9.17, 15) is 0 Å². The highest BCUT2D eigenvalue weighted by molar-refractivity contribution is 5.01. The average Bonchev–Trinajstić information content (AvgIpc) is 2.10. The molecular formula is C10H20O2. The molecule has 0 radical (unpaired) electrons. The Hall–Kier alpha value is -0.340. The van der Waals surface area contributed by atoms with Gasteiger partial charge in [0.2, 0.25) is 0 Å². The molecule has 0 heterocycles. The van der Waals surface area contributed by atoms with Crippen molar-refractivity contribution in [3.63, 3.8) is 0 Å². The van der Waals surface area contributed by atoms with Crippen molar-refractivity contribution in [2.75, 3.05) is 13.2 Å². The highest BCUT2D eigenvalue weighted by Crippen LogP contribution is 2.09. The monoisotopic (exact) mass is 172 g/mol. The lowest BCUT2D eigenvalue weighted by atomic mass is 10.1. The predicted molar refractivity (Wildman–Crippen MR) is 51.0 cm³/mol. The zero-order valence-electron chi connectivity index (χ0n) is 7.92. The fraction of sp³-hybridized carbons (Fsp3) is 0.800. The van der Waals surface area contributed by atoms with E-state index in [1.54, 1.807) is 6.08 Å². The third kappa shape index (κ3) is 6.38. The average molecular weight is 172 g/mol. The topological polar surface area (TPSA) is 40.5 Å². The van der Waals surface area contributed by atoms with E-state index in [1.807, 2.05) is 0 Å². The summed E-state index contributed by atoms with van der Waals surface area (Å²) in [6.07, 6.45) is 7.47. The van der Waals surface area contributed by atoms with Gasteiger partial charge in [-0.25, -0.2) is 0 Å². The maximum absolute atomic E-state index is 8.83. The van der Waals surface area contributed by atoms with E-state index >= 15 is 0 Å². The third-order valence-electron chi connectivity index (χ3n) is 1.93. The van der Waals surface area contributed by atoms with Crippen molar-refractivity contribution in [1.82, 2.24) is 0 Å². The van der Waals surface area contributed by atoms with E-state index < -0.39 is 0 Å². The molecule has 2 nitrogen and oxygen atoms in total. The van der Waals surface area contributed by atoms with Gasteiger partial charge in [0.15, 0.2) is 0 Å². The number of rotatable bonds is 7. The molecule has 0 aliphatic heterocycles. The minimum absolute atomic E-state index is 0.0453. The van der Waals surface area contributed by atoms with Crippen LogP contribution in [0.3, 0.4) is 0 Å². The molecule has 0 aromatic carbocycles. The van der Waals surface area contributed by atoms with Crippen LogP contribution in [-0.2, 0) is 0 Å². The van der Waals surface area contributed by atoms with Crippen molar-refractivity contribution < 1.29 is 10.2 Å². The molecule has 0 unspecified atom stereocenters. The van der Waals surface area contributed by atoms with E-state index in [0.29, 0.717) is 0 Å². The van der Waals surface area contributed by atoms with Crippen molar-refractivity contribution in [1.29, 1.82) is 0 Å². The van der Waals surface area contributed by atoms with Gasteiger partial charge in [-0.3, -0.25) is 0 Å². The Morgan fingerprint density at radius 3 is 2.42 bits per heavy atom. The molecular weight excluding hydrogens is 152 g/mol. The smallest absolute Gasteiger partial charge is 0.0642 e. The summed E-state index contributed by atoms with van der Waals surface area (Å²) in [5.74, 6) is 0. The first-order valence-corrected chi connectivity index (χ1v) is 4.74. The normalized spacial score (nSPS) is 12.1. The number of hydrogen-bond donors (Lipinski definition) is 2. The van der Waals surface area contributed by atoms with E-state index in [-0.39, 0.29) is 13.2 Å². The van der Waals surface area contributed by atoms with Crippen LogP contribution in [0.1, 0.15) is 39.0 Å². The first kappa shape index (κ1) is 11.7. The zero-order valence-corrected chi connectivity index (χ0v) is 7.92. The lowest BCUT2D eigenvalue weighted by Gasteiger charge is -2.02. The summed E-state index contributed by atoms with van der Waals surface area (Å²) < 4.78 is 0. The van der Waals surface area contributed by atoms with Gasteiger partial charge in [0.25, 0.3) is 0 Å². The van der Waals surface area contributed by atoms with Gasteiger partial charge >= 0.3 is 0 Å². The van der Waals surface area contributed by atoms with Gasteiger partial charge in [-0.2, -0.15) is 0 Å². The number of unbranched alkanes of at least 4 members (excludes halogenated alkanes) is 3. The second-order valence-electron chi connectivity index (χ2n) is 3.01. The molecule has 0 spiro atoms. The van der Waals surface area contributed by atoms with Gasteiger partial charge in [0, 0.05) is 0 Å². The quantitative estimate of drug-likeness (QED) is 0.454. The van der Waals surface area contributed by atoms with Crippen molar-refractivity contribution in [3.8, 4) is 0 Å². The second kappa shape index (κ2) is 8.75. The van der Waals surface area contributed by atoms with E-state index in [1.165, 1.54) is 19.3 Å². The van der Waals surface area contributed by atoms with E-state index in [4.69, 9.17) is 10.2 Å². The number of aliphatic hydroxyl groups excluding tert-OH is 2. The van der Waals surface area contributed by atoms with Gasteiger partial charge in [0.1, 0.15) is 0 Å². The van der Waals surface area contributed by atoms with Crippen LogP contribution in [0.4, 0.5) is 0 Å². The maximum Gasteiger partial charge on any atom is 0.0642 e. The minimum atomic E-state index is 0.0453. The van der Waals surface area contributed by atoms with Crippen LogP contribution in [0.5, 0.6) is 0 Å². The Labute approximate surface area is 74.9 Å². The Bertz CT molecular complexity index is 119. The van der Waals surface area contributed by atoms with Gasteiger partial charge in [-0.1, -0.05) is 32.3 Å². The molecule has 0 saturated carbocycles. The molecule has 0 aliphatic carbocycles. The maximum atomic E-state index is 8.83. The molecule has 0 aromatic heterocycles. The second-order valence-corrected chi connectivity index (χ2v) is 3.01. The van der Waals surface area contributed by atoms with E-state index in [2.05, 4.69) is 6.92 Å². The summed E-state index contributed by atoms with van der Waals surface area (Å²) in [5.41, 5.74) is 0.966. The summed E-state index contributed by atoms with van der Waals surface area (Å²) in [6, 6.07) is 0. The number of aliphatic hydroxyl groups is 2. The predicted octanol–water partition coefficient (Wildman–Crippen LogP) is 1.87. The largest absolute Gasteiger partial charge is 0.392 e. The van der Waals surface area contributed by atoms with Crippen LogP contribution in [0.15, 0.2) is 11.6 Å². The van der Waals surface area contributed by atoms with E-state index in [0.717, 1.165) is 18.4 Å². The molecule has 0 fully saturated rings. The van der Waals surface area contributed by atoms with Crippen molar-refractivity contribution in [2.45, 2.75) is 39.0 Å². The molecule has 0 bridgehead atoms. The Morgan fingerprint density at radius 1 is 1.17 bits per heavy atom. The molecule has 12 heavy (non-hydrogen) atoms. The molecule has 0 atom stereocenters. The highest BCUT2D eigenvalue weighted by atomic mass is 16.3. The molecule has 2 heteroatoms. The molecule has 0 amide bonds. The first-order chi connectivity index (χ1) is 5.85. The van der Waals surface area contributed by atoms with Gasteiger partial charge in [-0.05, 0) is 18.4 Å². The SMILES string of the molecule is CCCCCCC(=CCO)CO. The summed E-state index contributed by atoms with van der Waals surface area (Å²) >= 11 is 0. The van der Waals surface area contributed by atoms with Crippen LogP contribution in [0.2, 0.25) is 0 Å². The van der Waals surface area contributed by atoms with Crippen LogP contribution in [0, 0.1) is 0 Å². The van der Waals surface area contributed by atoms with Gasteiger partial charge < -0.3 is 10.2 Å². The lowest BCUT2D eigenvalue weighted by molar-refractivity contribution is 0.314. The zero-order chi connectivity index (χ0) is 9.23. The molecule has 0 rings (SSSR count). The summed E-state index contributed by atoms with van der Waals surface area (Å²) in [5, 5.41) is 17.4. The fourth-order valence-electron chi connectivity index (χ4n) is 1.15. The molecule has 2 N–H and O–H groups in total. The van der Waals surface area contributed by atoms with Crippen molar-refractivity contribution >= 4 is 0 Å². The van der Waals surface area contributed by atoms with Gasteiger partial charge in [0.05, 0.1) is 13.2 Å². The van der Waals surface area contributed by atoms with Crippen LogP contribution in [0.25, 0.3) is 0 Å². The Morgan fingerprint density at radius 2 is 1.92 bits per heavy atom. The van der Waals surface area contributed by atoms with Gasteiger partial charge in [-0.15, -0.1) is 0 Å². The lowest BCUT2D eigenvalue weighted by Crippen LogP contribution is -1.92. The number of hydrogen-bond acceptors (Lipinski definition) is 2. The van der Waals surface area contributed by atoms with Crippen LogP contribution >= 0.6 is 0 Å². The Balaban J connectivity index is 3.38. The Kier molecular flexibility index (Phi) is 8.51. The highest BCUT2D eigenvalue weighted by Gasteiger charge is 1.94. The summed E-state index contributed by atoms with van der Waals surface area (Å²) in [7, 11) is 0. The van der Waals surface area contributed by atoms with Crippen LogP contribution < -0.4 is 0 Å². The molecule has 0 aliphatic rings. The van der Waals surface area contributed by atoms with Crippen molar-refractivity contribution in [2.24, 2.45) is 0 Å². The van der Waals surface area contributed by atoms with Crippen LogP contribution in [-0.4, -0.2) is 23.4 Å². The molecule has 0 saturated heterocycles.